The number of carbonyl (C=O) groups excluding carboxylic acids is 1. The van der Waals surface area contributed by atoms with Gasteiger partial charge in [0.05, 0.1) is 10.7 Å². The monoisotopic (exact) mass is 350 g/mol. The normalized spacial score (nSPS) is 11.2. The summed E-state index contributed by atoms with van der Waals surface area (Å²) in [5, 5.41) is 4.92. The second-order valence-corrected chi connectivity index (χ2v) is 5.81. The second-order valence-electron chi connectivity index (χ2n) is 4.97. The van der Waals surface area contributed by atoms with Crippen molar-refractivity contribution in [2.24, 2.45) is 5.10 Å². The number of hydrogen-bond acceptors (Lipinski definition) is 3. The zero-order valence-corrected chi connectivity index (χ0v) is 14.3. The molecule has 0 spiro atoms. The molecule has 0 fully saturated rings. The van der Waals surface area contributed by atoms with Crippen LogP contribution >= 0.6 is 23.2 Å². The molecule has 0 aliphatic carbocycles. The minimum Gasteiger partial charge on any atom is -0.482 e. The zero-order chi connectivity index (χ0) is 16.8. The number of hydrogen-bond donors (Lipinski definition) is 1. The van der Waals surface area contributed by atoms with E-state index in [4.69, 9.17) is 27.9 Å². The van der Waals surface area contributed by atoms with Gasteiger partial charge < -0.3 is 4.74 Å². The Balaban J connectivity index is 1.90. The summed E-state index contributed by atoms with van der Waals surface area (Å²) in [5.41, 5.74) is 5.25. The molecule has 0 heterocycles. The minimum atomic E-state index is -0.372. The Morgan fingerprint density at radius 2 is 2.00 bits per heavy atom. The number of amides is 1. The van der Waals surface area contributed by atoms with Crippen LogP contribution in [0.1, 0.15) is 18.1 Å². The SMILES string of the molecule is C/C(=N\NC(=O)COc1ccc(Cl)cc1Cl)c1cccc(C)c1. The van der Waals surface area contributed by atoms with Gasteiger partial charge in [0.15, 0.2) is 6.61 Å². The number of nitrogens with one attached hydrogen (secondary N) is 1. The quantitative estimate of drug-likeness (QED) is 0.648. The summed E-state index contributed by atoms with van der Waals surface area (Å²) in [5.74, 6) is 0.0219. The topological polar surface area (TPSA) is 50.7 Å². The molecule has 0 saturated carbocycles. The Hall–Kier alpha value is -2.04. The van der Waals surface area contributed by atoms with Gasteiger partial charge >= 0.3 is 0 Å². The van der Waals surface area contributed by atoms with Gasteiger partial charge in [0.1, 0.15) is 5.75 Å². The highest BCUT2D eigenvalue weighted by Gasteiger charge is 2.06. The molecule has 2 aromatic carbocycles. The predicted octanol–water partition coefficient (Wildman–Crippen LogP) is 4.22. The lowest BCUT2D eigenvalue weighted by Gasteiger charge is -2.08. The van der Waals surface area contributed by atoms with Gasteiger partial charge in [-0.25, -0.2) is 5.43 Å². The van der Waals surface area contributed by atoms with Gasteiger partial charge in [-0.15, -0.1) is 0 Å². The first-order chi connectivity index (χ1) is 11.0. The number of rotatable bonds is 5. The fourth-order valence-corrected chi connectivity index (χ4v) is 2.31. The highest BCUT2D eigenvalue weighted by molar-refractivity contribution is 6.35. The van der Waals surface area contributed by atoms with E-state index in [1.54, 1.807) is 18.2 Å². The number of carbonyl (C=O) groups is 1. The van der Waals surface area contributed by atoms with E-state index in [0.29, 0.717) is 21.5 Å². The molecule has 1 N–H and O–H groups in total. The first kappa shape index (κ1) is 17.3. The maximum absolute atomic E-state index is 11.8. The Morgan fingerprint density at radius 3 is 2.70 bits per heavy atom. The van der Waals surface area contributed by atoms with Crippen LogP contribution in [-0.2, 0) is 4.79 Å². The van der Waals surface area contributed by atoms with Crippen molar-refractivity contribution in [1.29, 1.82) is 0 Å². The number of nitrogens with zero attached hydrogens (tertiary/aromatic N) is 1. The van der Waals surface area contributed by atoms with Crippen LogP contribution in [0.4, 0.5) is 0 Å². The van der Waals surface area contributed by atoms with Crippen LogP contribution in [0.3, 0.4) is 0 Å². The van der Waals surface area contributed by atoms with E-state index in [2.05, 4.69) is 10.5 Å². The average molecular weight is 351 g/mol. The molecule has 0 saturated heterocycles. The van der Waals surface area contributed by atoms with E-state index in [1.165, 1.54) is 0 Å². The Labute approximate surface area is 145 Å². The molecule has 6 heteroatoms. The van der Waals surface area contributed by atoms with E-state index < -0.39 is 0 Å². The molecule has 0 radical (unpaired) electrons. The third kappa shape index (κ3) is 5.27. The van der Waals surface area contributed by atoms with Crippen molar-refractivity contribution < 1.29 is 9.53 Å². The van der Waals surface area contributed by atoms with Crippen LogP contribution in [0.2, 0.25) is 10.0 Å². The van der Waals surface area contributed by atoms with Crippen LogP contribution in [-0.4, -0.2) is 18.2 Å². The summed E-state index contributed by atoms with van der Waals surface area (Å²) >= 11 is 11.8. The van der Waals surface area contributed by atoms with Crippen molar-refractivity contribution >= 4 is 34.8 Å². The van der Waals surface area contributed by atoms with Gasteiger partial charge in [-0.1, -0.05) is 53.0 Å². The maximum Gasteiger partial charge on any atom is 0.277 e. The van der Waals surface area contributed by atoms with E-state index in [1.807, 2.05) is 38.1 Å². The number of halogens is 2. The van der Waals surface area contributed by atoms with Gasteiger partial charge in [-0.2, -0.15) is 5.10 Å². The number of hydrazone groups is 1. The molecule has 0 unspecified atom stereocenters. The van der Waals surface area contributed by atoms with Gasteiger partial charge in [0.2, 0.25) is 0 Å². The van der Waals surface area contributed by atoms with Crippen molar-refractivity contribution in [3.05, 3.63) is 63.6 Å². The van der Waals surface area contributed by atoms with Crippen molar-refractivity contribution in [1.82, 2.24) is 5.43 Å². The molecule has 0 bridgehead atoms. The van der Waals surface area contributed by atoms with Crippen LogP contribution in [0, 0.1) is 6.92 Å². The zero-order valence-electron chi connectivity index (χ0n) is 12.8. The summed E-state index contributed by atoms with van der Waals surface area (Å²) in [7, 11) is 0. The third-order valence-corrected chi connectivity index (χ3v) is 3.57. The number of ether oxygens (including phenoxy) is 1. The number of aryl methyl sites for hydroxylation is 1. The predicted molar refractivity (Wildman–Crippen MR) is 93.5 cm³/mol. The van der Waals surface area contributed by atoms with Gasteiger partial charge in [-0.05, 0) is 37.6 Å². The molecular weight excluding hydrogens is 335 g/mol. The summed E-state index contributed by atoms with van der Waals surface area (Å²) in [4.78, 5) is 11.8. The minimum absolute atomic E-state index is 0.189. The molecule has 0 aliphatic rings. The van der Waals surface area contributed by atoms with Crippen molar-refractivity contribution in [3.63, 3.8) is 0 Å². The molecule has 120 valence electrons. The molecule has 4 nitrogen and oxygen atoms in total. The molecule has 23 heavy (non-hydrogen) atoms. The molecule has 2 rings (SSSR count). The lowest BCUT2D eigenvalue weighted by molar-refractivity contribution is -0.123. The molecule has 0 atom stereocenters. The summed E-state index contributed by atoms with van der Waals surface area (Å²) in [6, 6.07) is 12.7. The van der Waals surface area contributed by atoms with Crippen LogP contribution < -0.4 is 10.2 Å². The van der Waals surface area contributed by atoms with E-state index in [0.717, 1.165) is 11.1 Å². The number of benzene rings is 2. The molecule has 0 aromatic heterocycles. The third-order valence-electron chi connectivity index (χ3n) is 3.04. The first-order valence-electron chi connectivity index (χ1n) is 6.94. The van der Waals surface area contributed by atoms with Gasteiger partial charge in [-0.3, -0.25) is 4.79 Å². The lowest BCUT2D eigenvalue weighted by Crippen LogP contribution is -2.25. The van der Waals surface area contributed by atoms with E-state index in [-0.39, 0.29) is 12.5 Å². The smallest absolute Gasteiger partial charge is 0.277 e. The maximum atomic E-state index is 11.8. The average Bonchev–Trinajstić information content (AvgIpc) is 2.51. The van der Waals surface area contributed by atoms with Crippen LogP contribution in [0.5, 0.6) is 5.75 Å². The Morgan fingerprint density at radius 1 is 1.22 bits per heavy atom. The lowest BCUT2D eigenvalue weighted by atomic mass is 10.1. The molecule has 2 aromatic rings. The fourth-order valence-electron chi connectivity index (χ4n) is 1.85. The molecule has 0 aliphatic heterocycles. The molecular formula is C17H16Cl2N2O2. The van der Waals surface area contributed by atoms with Crippen LogP contribution in [0.15, 0.2) is 47.6 Å². The standard InChI is InChI=1S/C17H16Cl2N2O2/c1-11-4-3-5-13(8-11)12(2)20-21-17(22)10-23-16-7-6-14(18)9-15(16)19/h3-9H,10H2,1-2H3,(H,21,22)/b20-12+. The van der Waals surface area contributed by atoms with Gasteiger partial charge in [0, 0.05) is 5.02 Å². The largest absolute Gasteiger partial charge is 0.482 e. The van der Waals surface area contributed by atoms with Crippen molar-refractivity contribution in [2.45, 2.75) is 13.8 Å². The van der Waals surface area contributed by atoms with Crippen molar-refractivity contribution in [3.8, 4) is 5.75 Å². The van der Waals surface area contributed by atoms with Crippen molar-refractivity contribution in [2.75, 3.05) is 6.61 Å². The van der Waals surface area contributed by atoms with E-state index >= 15 is 0 Å². The summed E-state index contributed by atoms with van der Waals surface area (Å²) in [6.07, 6.45) is 0. The van der Waals surface area contributed by atoms with Gasteiger partial charge in [0.25, 0.3) is 5.91 Å². The fraction of sp³-hybridized carbons (Fsp3) is 0.176. The highest BCUT2D eigenvalue weighted by Crippen LogP contribution is 2.27. The summed E-state index contributed by atoms with van der Waals surface area (Å²) < 4.78 is 5.34. The van der Waals surface area contributed by atoms with E-state index in [9.17, 15) is 4.79 Å². The Kier molecular flexibility index (Phi) is 6.02. The molecule has 1 amide bonds. The Bertz CT molecular complexity index is 745. The summed E-state index contributed by atoms with van der Waals surface area (Å²) in [6.45, 7) is 3.64. The second kappa shape index (κ2) is 7.99. The highest BCUT2D eigenvalue weighted by atomic mass is 35.5. The van der Waals surface area contributed by atoms with Crippen LogP contribution in [0.25, 0.3) is 0 Å². The first-order valence-corrected chi connectivity index (χ1v) is 7.69.